The van der Waals surface area contributed by atoms with Gasteiger partial charge < -0.3 is 10.1 Å². The molecule has 0 bridgehead atoms. The van der Waals surface area contributed by atoms with Crippen molar-refractivity contribution in [2.45, 2.75) is 52.6 Å². The van der Waals surface area contributed by atoms with E-state index >= 15 is 0 Å². The van der Waals surface area contributed by atoms with Gasteiger partial charge in [-0.3, -0.25) is 4.79 Å². The van der Waals surface area contributed by atoms with Crippen molar-refractivity contribution in [3.63, 3.8) is 0 Å². The molecule has 0 aromatic heterocycles. The molecule has 0 atom stereocenters. The Bertz CT molecular complexity index is 407. The van der Waals surface area contributed by atoms with E-state index in [1.54, 1.807) is 6.07 Å². The second-order valence-electron chi connectivity index (χ2n) is 5.67. The minimum Gasteiger partial charge on any atom is -0.487 e. The van der Waals surface area contributed by atoms with Gasteiger partial charge in [-0.1, -0.05) is 31.9 Å². The molecular formula is C16H25NO2. The topological polar surface area (TPSA) is 38.3 Å². The first kappa shape index (κ1) is 15.5. The van der Waals surface area contributed by atoms with E-state index in [0.29, 0.717) is 11.3 Å². The number of carbonyl (C=O) groups is 1. The lowest BCUT2D eigenvalue weighted by Gasteiger charge is -2.23. The van der Waals surface area contributed by atoms with Crippen LogP contribution in [0.3, 0.4) is 0 Å². The molecule has 0 fully saturated rings. The van der Waals surface area contributed by atoms with Crippen LogP contribution in [-0.4, -0.2) is 18.1 Å². The average molecular weight is 263 g/mol. The number of rotatable bonds is 6. The van der Waals surface area contributed by atoms with Gasteiger partial charge in [-0.25, -0.2) is 0 Å². The summed E-state index contributed by atoms with van der Waals surface area (Å²) in [6.45, 7) is 8.79. The predicted molar refractivity (Wildman–Crippen MR) is 78.7 cm³/mol. The quantitative estimate of drug-likeness (QED) is 0.793. The van der Waals surface area contributed by atoms with Crippen LogP contribution in [0, 0.1) is 0 Å². The number of unbranched alkanes of at least 4 members (excludes halogenated alkanes) is 2. The molecule has 0 saturated carbocycles. The highest BCUT2D eigenvalue weighted by molar-refractivity contribution is 5.96. The molecular weight excluding hydrogens is 238 g/mol. The lowest BCUT2D eigenvalue weighted by Crippen LogP contribution is -2.28. The molecule has 1 aromatic carbocycles. The van der Waals surface area contributed by atoms with E-state index in [-0.39, 0.29) is 11.5 Å². The molecule has 1 amide bonds. The largest absolute Gasteiger partial charge is 0.487 e. The van der Waals surface area contributed by atoms with E-state index in [0.717, 1.165) is 25.8 Å². The fourth-order valence-electron chi connectivity index (χ4n) is 1.75. The SMILES string of the molecule is CCCCCNC(=O)c1ccccc1OC(C)(C)C. The van der Waals surface area contributed by atoms with Crippen molar-refractivity contribution in [1.82, 2.24) is 5.32 Å². The van der Waals surface area contributed by atoms with Gasteiger partial charge in [0.2, 0.25) is 0 Å². The summed E-state index contributed by atoms with van der Waals surface area (Å²) in [5.74, 6) is 0.582. The van der Waals surface area contributed by atoms with Gasteiger partial charge in [-0.15, -0.1) is 0 Å². The van der Waals surface area contributed by atoms with Crippen LogP contribution in [0.25, 0.3) is 0 Å². The van der Waals surface area contributed by atoms with Crippen LogP contribution in [0.4, 0.5) is 0 Å². The molecule has 0 radical (unpaired) electrons. The van der Waals surface area contributed by atoms with E-state index in [4.69, 9.17) is 4.74 Å². The Kier molecular flexibility index (Phi) is 5.87. The van der Waals surface area contributed by atoms with Gasteiger partial charge in [0, 0.05) is 6.54 Å². The van der Waals surface area contributed by atoms with Gasteiger partial charge in [-0.2, -0.15) is 0 Å². The summed E-state index contributed by atoms with van der Waals surface area (Å²) in [4.78, 5) is 12.1. The zero-order valence-corrected chi connectivity index (χ0v) is 12.5. The molecule has 19 heavy (non-hydrogen) atoms. The molecule has 1 rings (SSSR count). The van der Waals surface area contributed by atoms with Crippen molar-refractivity contribution >= 4 is 5.91 Å². The maximum atomic E-state index is 12.1. The van der Waals surface area contributed by atoms with E-state index in [9.17, 15) is 4.79 Å². The van der Waals surface area contributed by atoms with Crippen molar-refractivity contribution < 1.29 is 9.53 Å². The Hall–Kier alpha value is -1.51. The molecule has 0 heterocycles. The molecule has 1 aromatic rings. The van der Waals surface area contributed by atoms with Gasteiger partial charge >= 0.3 is 0 Å². The summed E-state index contributed by atoms with van der Waals surface area (Å²) in [6, 6.07) is 7.38. The Morgan fingerprint density at radius 1 is 1.21 bits per heavy atom. The molecule has 3 heteroatoms. The first-order chi connectivity index (χ1) is 8.94. The number of amides is 1. The highest BCUT2D eigenvalue weighted by atomic mass is 16.5. The van der Waals surface area contributed by atoms with Crippen molar-refractivity contribution in [2.24, 2.45) is 0 Å². The smallest absolute Gasteiger partial charge is 0.255 e. The zero-order chi connectivity index (χ0) is 14.3. The van der Waals surface area contributed by atoms with E-state index in [1.807, 2.05) is 39.0 Å². The number of hydrogen-bond acceptors (Lipinski definition) is 2. The third kappa shape index (κ3) is 5.77. The molecule has 0 saturated heterocycles. The first-order valence-electron chi connectivity index (χ1n) is 7.00. The summed E-state index contributed by atoms with van der Waals surface area (Å²) < 4.78 is 5.82. The minimum absolute atomic E-state index is 0.0593. The maximum absolute atomic E-state index is 12.1. The summed E-state index contributed by atoms with van der Waals surface area (Å²) in [5, 5.41) is 2.94. The third-order valence-corrected chi connectivity index (χ3v) is 2.61. The third-order valence-electron chi connectivity index (χ3n) is 2.61. The van der Waals surface area contributed by atoms with Gasteiger partial charge in [0.15, 0.2) is 0 Å². The molecule has 106 valence electrons. The lowest BCUT2D eigenvalue weighted by molar-refractivity contribution is 0.0932. The lowest BCUT2D eigenvalue weighted by atomic mass is 10.1. The van der Waals surface area contributed by atoms with Crippen molar-refractivity contribution in [1.29, 1.82) is 0 Å². The normalized spacial score (nSPS) is 11.2. The van der Waals surface area contributed by atoms with Gasteiger partial charge in [0.25, 0.3) is 5.91 Å². The van der Waals surface area contributed by atoms with Gasteiger partial charge in [0.05, 0.1) is 5.56 Å². The summed E-state index contributed by atoms with van der Waals surface area (Å²) in [6.07, 6.45) is 3.31. The van der Waals surface area contributed by atoms with Crippen LogP contribution in [0.2, 0.25) is 0 Å². The Balaban J connectivity index is 2.68. The highest BCUT2D eigenvalue weighted by Crippen LogP contribution is 2.22. The standard InChI is InChI=1S/C16H25NO2/c1-5-6-9-12-17-15(18)13-10-7-8-11-14(13)19-16(2,3)4/h7-8,10-11H,5-6,9,12H2,1-4H3,(H,17,18). The monoisotopic (exact) mass is 263 g/mol. The van der Waals surface area contributed by atoms with Crippen LogP contribution in [0.5, 0.6) is 5.75 Å². The fraction of sp³-hybridized carbons (Fsp3) is 0.562. The summed E-state index contributed by atoms with van der Waals surface area (Å²) in [7, 11) is 0. The van der Waals surface area contributed by atoms with Crippen molar-refractivity contribution in [2.75, 3.05) is 6.54 Å². The van der Waals surface area contributed by atoms with Crippen LogP contribution >= 0.6 is 0 Å². The number of hydrogen-bond donors (Lipinski definition) is 1. The van der Waals surface area contributed by atoms with Crippen LogP contribution in [-0.2, 0) is 0 Å². The van der Waals surface area contributed by atoms with E-state index in [2.05, 4.69) is 12.2 Å². The molecule has 3 nitrogen and oxygen atoms in total. The maximum Gasteiger partial charge on any atom is 0.255 e. The second kappa shape index (κ2) is 7.17. The van der Waals surface area contributed by atoms with Crippen molar-refractivity contribution in [3.05, 3.63) is 29.8 Å². The summed E-state index contributed by atoms with van der Waals surface area (Å²) in [5.41, 5.74) is 0.299. The number of para-hydroxylation sites is 1. The molecule has 0 unspecified atom stereocenters. The number of carbonyl (C=O) groups excluding carboxylic acids is 1. The van der Waals surface area contributed by atoms with Gasteiger partial charge in [-0.05, 0) is 39.3 Å². The number of benzene rings is 1. The Labute approximate surface area is 116 Å². The molecule has 1 N–H and O–H groups in total. The van der Waals surface area contributed by atoms with Crippen LogP contribution in [0.1, 0.15) is 57.3 Å². The molecule has 0 aliphatic rings. The zero-order valence-electron chi connectivity index (χ0n) is 12.5. The predicted octanol–water partition coefficient (Wildman–Crippen LogP) is 3.78. The minimum atomic E-state index is -0.307. The van der Waals surface area contributed by atoms with Crippen LogP contribution < -0.4 is 10.1 Å². The van der Waals surface area contributed by atoms with E-state index < -0.39 is 0 Å². The fourth-order valence-corrected chi connectivity index (χ4v) is 1.75. The first-order valence-corrected chi connectivity index (χ1v) is 7.00. The number of ether oxygens (including phenoxy) is 1. The Morgan fingerprint density at radius 3 is 2.53 bits per heavy atom. The second-order valence-corrected chi connectivity index (χ2v) is 5.67. The average Bonchev–Trinajstić information content (AvgIpc) is 2.33. The molecule has 0 spiro atoms. The van der Waals surface area contributed by atoms with Crippen molar-refractivity contribution in [3.8, 4) is 5.75 Å². The summed E-state index contributed by atoms with van der Waals surface area (Å²) >= 11 is 0. The van der Waals surface area contributed by atoms with Crippen LogP contribution in [0.15, 0.2) is 24.3 Å². The van der Waals surface area contributed by atoms with E-state index in [1.165, 1.54) is 0 Å². The molecule has 0 aliphatic heterocycles. The molecule has 0 aliphatic carbocycles. The highest BCUT2D eigenvalue weighted by Gasteiger charge is 2.17. The van der Waals surface area contributed by atoms with Gasteiger partial charge in [0.1, 0.15) is 11.4 Å². The number of nitrogens with one attached hydrogen (secondary N) is 1. The Morgan fingerprint density at radius 2 is 1.89 bits per heavy atom.